The highest BCUT2D eigenvalue weighted by Gasteiger charge is 2.17. The molecule has 0 aliphatic carbocycles. The van der Waals surface area contributed by atoms with E-state index in [2.05, 4.69) is 20.0 Å². The van der Waals surface area contributed by atoms with Crippen LogP contribution in [0.4, 0.5) is 8.78 Å². The molecule has 0 saturated heterocycles. The second kappa shape index (κ2) is 9.21. The topological polar surface area (TPSA) is 89.0 Å². The Kier molecular flexibility index (Phi) is 5.80. The predicted molar refractivity (Wildman–Crippen MR) is 123 cm³/mol. The summed E-state index contributed by atoms with van der Waals surface area (Å²) in [4.78, 5) is 12.7. The van der Waals surface area contributed by atoms with E-state index in [4.69, 9.17) is 4.74 Å². The van der Waals surface area contributed by atoms with Crippen LogP contribution in [0.25, 0.3) is 28.5 Å². The average Bonchev–Trinajstić information content (AvgIpc) is 3.54. The molecule has 0 spiro atoms. The Morgan fingerprint density at radius 1 is 0.886 bits per heavy atom. The Hall–Kier alpha value is -4.80. The minimum absolute atomic E-state index is 0.118. The number of aromatic nitrogens is 6. The van der Waals surface area contributed by atoms with Gasteiger partial charge in [-0.25, -0.2) is 14.0 Å². The highest BCUT2D eigenvalue weighted by Crippen LogP contribution is 2.28. The lowest BCUT2D eigenvalue weighted by atomic mass is 10.2. The molecule has 3 aromatic heterocycles. The van der Waals surface area contributed by atoms with Gasteiger partial charge >= 0.3 is 6.61 Å². The first-order valence-electron chi connectivity index (χ1n) is 10.4. The quantitative estimate of drug-likeness (QED) is 0.354. The third-order valence-electron chi connectivity index (χ3n) is 5.17. The molecular weight excluding hydrogens is 458 g/mol. The van der Waals surface area contributed by atoms with Crippen molar-refractivity contribution in [3.63, 3.8) is 0 Å². The number of benzene rings is 2. The predicted octanol–water partition coefficient (Wildman–Crippen LogP) is 3.88. The minimum Gasteiger partial charge on any atom is -0.494 e. The zero-order chi connectivity index (χ0) is 24.4. The number of para-hydroxylation sites is 1. The molecule has 0 fully saturated rings. The normalized spacial score (nSPS) is 11.1. The maximum atomic E-state index is 12.7. The Labute approximate surface area is 197 Å². The Balaban J connectivity index is 1.56. The summed E-state index contributed by atoms with van der Waals surface area (Å²) in [6, 6.07) is 18.8. The molecule has 5 rings (SSSR count). The van der Waals surface area contributed by atoms with Crippen LogP contribution >= 0.6 is 0 Å². The van der Waals surface area contributed by atoms with Crippen LogP contribution in [0.3, 0.4) is 0 Å². The molecule has 0 atom stereocenters. The number of alkyl halides is 2. The van der Waals surface area contributed by atoms with Gasteiger partial charge in [0, 0.05) is 24.4 Å². The van der Waals surface area contributed by atoms with Crippen molar-refractivity contribution in [1.82, 2.24) is 29.3 Å². The molecule has 3 heterocycles. The molecule has 0 aliphatic rings. The second-order valence-corrected chi connectivity index (χ2v) is 7.25. The number of hydrogen-bond acceptors (Lipinski definition) is 6. The van der Waals surface area contributed by atoms with Crippen LogP contribution < -0.4 is 14.9 Å². The van der Waals surface area contributed by atoms with Gasteiger partial charge < -0.3 is 9.47 Å². The highest BCUT2D eigenvalue weighted by molar-refractivity contribution is 5.58. The summed E-state index contributed by atoms with van der Waals surface area (Å²) < 4.78 is 39.8. The lowest BCUT2D eigenvalue weighted by Crippen LogP contribution is -2.15. The summed E-state index contributed by atoms with van der Waals surface area (Å²) in [5, 5.41) is 12.9. The maximum absolute atomic E-state index is 12.7. The molecule has 5 aromatic rings. The number of nitrogens with zero attached hydrogens (tertiary/aromatic N) is 6. The molecule has 0 aliphatic heterocycles. The number of hydrogen-bond donors (Lipinski definition) is 0. The number of ether oxygens (including phenoxy) is 2. The van der Waals surface area contributed by atoms with Gasteiger partial charge in [0.2, 0.25) is 11.3 Å². The van der Waals surface area contributed by atoms with Gasteiger partial charge in [0.25, 0.3) is 0 Å². The van der Waals surface area contributed by atoms with Crippen molar-refractivity contribution in [3.05, 3.63) is 95.5 Å². The van der Waals surface area contributed by atoms with E-state index < -0.39 is 6.61 Å². The van der Waals surface area contributed by atoms with Gasteiger partial charge in [-0.15, -0.1) is 0 Å². The van der Waals surface area contributed by atoms with Gasteiger partial charge in [0.05, 0.1) is 36.6 Å². The largest absolute Gasteiger partial charge is 0.494 e. The molecule has 0 saturated carbocycles. The van der Waals surface area contributed by atoms with Gasteiger partial charge in [-0.3, -0.25) is 4.79 Å². The number of rotatable bonds is 7. The van der Waals surface area contributed by atoms with Gasteiger partial charge in [-0.05, 0) is 30.3 Å². The van der Waals surface area contributed by atoms with Crippen LogP contribution in [0.2, 0.25) is 0 Å². The fourth-order valence-electron chi connectivity index (χ4n) is 3.63. The Bertz CT molecular complexity index is 1530. The monoisotopic (exact) mass is 476 g/mol. The van der Waals surface area contributed by atoms with Crippen molar-refractivity contribution in [3.8, 4) is 40.1 Å². The first-order chi connectivity index (χ1) is 17.0. The molecule has 0 unspecified atom stereocenters. The van der Waals surface area contributed by atoms with Crippen molar-refractivity contribution in [2.45, 2.75) is 6.61 Å². The van der Waals surface area contributed by atoms with Gasteiger partial charge in [0.15, 0.2) is 5.69 Å². The molecule has 9 nitrogen and oxygen atoms in total. The van der Waals surface area contributed by atoms with E-state index in [9.17, 15) is 13.6 Å². The van der Waals surface area contributed by atoms with Gasteiger partial charge in [-0.2, -0.15) is 24.1 Å². The molecule has 11 heteroatoms. The number of methoxy groups -OCH3 is 1. The van der Waals surface area contributed by atoms with E-state index in [1.807, 2.05) is 30.3 Å². The van der Waals surface area contributed by atoms with Crippen molar-refractivity contribution in [2.75, 3.05) is 7.11 Å². The molecule has 35 heavy (non-hydrogen) atoms. The van der Waals surface area contributed by atoms with Gasteiger partial charge in [-0.1, -0.05) is 18.2 Å². The standard InChI is InChI=1S/C24H18F2N6O3/c1-34-21-15-17(32-22(10-13-28-32)35-24(25)26)7-8-18(21)30-14-11-20(33)23(29-30)19-9-12-27-31(19)16-5-3-2-4-6-16/h2-15,24H,1H3. The van der Waals surface area contributed by atoms with Crippen molar-refractivity contribution < 1.29 is 18.3 Å². The zero-order valence-electron chi connectivity index (χ0n) is 18.3. The first-order valence-corrected chi connectivity index (χ1v) is 10.4. The molecular formula is C24H18F2N6O3. The third-order valence-corrected chi connectivity index (χ3v) is 5.17. The fourth-order valence-corrected chi connectivity index (χ4v) is 3.63. The van der Waals surface area contributed by atoms with Crippen LogP contribution in [-0.2, 0) is 0 Å². The SMILES string of the molecule is COc1cc(-n2nccc2OC(F)F)ccc1-n1ccc(=O)c(-c2ccnn2-c2ccccc2)n1. The summed E-state index contributed by atoms with van der Waals surface area (Å²) in [5.41, 5.74) is 2.18. The smallest absolute Gasteiger partial charge is 0.388 e. The Morgan fingerprint density at radius 3 is 2.43 bits per heavy atom. The summed E-state index contributed by atoms with van der Waals surface area (Å²) in [6.45, 7) is -2.99. The molecule has 0 bridgehead atoms. The molecule has 0 amide bonds. The van der Waals surface area contributed by atoms with Crippen molar-refractivity contribution in [2.24, 2.45) is 0 Å². The van der Waals surface area contributed by atoms with E-state index >= 15 is 0 Å². The summed E-state index contributed by atoms with van der Waals surface area (Å²) >= 11 is 0. The summed E-state index contributed by atoms with van der Waals surface area (Å²) in [5.74, 6) is 0.257. The lowest BCUT2D eigenvalue weighted by Gasteiger charge is -2.14. The van der Waals surface area contributed by atoms with E-state index in [1.54, 1.807) is 35.1 Å². The molecule has 176 valence electrons. The van der Waals surface area contributed by atoms with Crippen LogP contribution in [0.15, 0.2) is 90.1 Å². The molecule has 2 aromatic carbocycles. The van der Waals surface area contributed by atoms with Crippen LogP contribution in [0.5, 0.6) is 11.6 Å². The van der Waals surface area contributed by atoms with Crippen LogP contribution in [-0.4, -0.2) is 43.1 Å². The van der Waals surface area contributed by atoms with Gasteiger partial charge in [0.1, 0.15) is 11.4 Å². The van der Waals surface area contributed by atoms with Crippen molar-refractivity contribution >= 4 is 0 Å². The first kappa shape index (κ1) is 22.0. The third kappa shape index (κ3) is 4.26. The van der Waals surface area contributed by atoms with Crippen LogP contribution in [0, 0.1) is 0 Å². The van der Waals surface area contributed by atoms with Crippen LogP contribution in [0.1, 0.15) is 0 Å². The Morgan fingerprint density at radius 2 is 1.66 bits per heavy atom. The van der Waals surface area contributed by atoms with E-state index in [0.29, 0.717) is 22.8 Å². The highest BCUT2D eigenvalue weighted by atomic mass is 19.3. The molecule has 0 N–H and O–H groups in total. The number of halogens is 2. The summed E-state index contributed by atoms with van der Waals surface area (Å²) in [7, 11) is 1.47. The second-order valence-electron chi connectivity index (χ2n) is 7.25. The van der Waals surface area contributed by atoms with E-state index in [-0.39, 0.29) is 17.0 Å². The summed E-state index contributed by atoms with van der Waals surface area (Å²) in [6.07, 6.45) is 4.47. The van der Waals surface area contributed by atoms with E-state index in [1.165, 1.54) is 41.0 Å². The average molecular weight is 476 g/mol. The van der Waals surface area contributed by atoms with E-state index in [0.717, 1.165) is 5.69 Å². The zero-order valence-corrected chi connectivity index (χ0v) is 18.3. The minimum atomic E-state index is -2.99. The maximum Gasteiger partial charge on any atom is 0.388 e. The molecule has 0 radical (unpaired) electrons. The van der Waals surface area contributed by atoms with Crippen molar-refractivity contribution in [1.29, 1.82) is 0 Å². The lowest BCUT2D eigenvalue weighted by molar-refractivity contribution is -0.0544. The fraction of sp³-hybridized carbons (Fsp3) is 0.0833.